The molecule has 5 rings (SSSR count). The molecule has 0 spiro atoms. The van der Waals surface area contributed by atoms with E-state index in [0.29, 0.717) is 32.4 Å². The summed E-state index contributed by atoms with van der Waals surface area (Å²) in [5.41, 5.74) is 0.932. The lowest BCUT2D eigenvalue weighted by Gasteiger charge is -2.24. The Hall–Kier alpha value is -3.15. The molecule has 3 heterocycles. The number of carbonyl (C=O) groups is 1. The number of carbonyl (C=O) groups excluding carboxylic acids is 1. The zero-order chi connectivity index (χ0) is 20.1. The van der Waals surface area contributed by atoms with E-state index in [1.165, 1.54) is 4.90 Å². The first-order valence-electron chi connectivity index (χ1n) is 8.81. The molecule has 0 unspecified atom stereocenters. The zero-order valence-corrected chi connectivity index (χ0v) is 16.3. The summed E-state index contributed by atoms with van der Waals surface area (Å²) >= 11 is 12.3. The van der Waals surface area contributed by atoms with E-state index in [1.807, 2.05) is 6.07 Å². The van der Waals surface area contributed by atoms with Crippen molar-refractivity contribution in [1.82, 2.24) is 4.98 Å². The van der Waals surface area contributed by atoms with Crippen LogP contribution in [0.15, 0.2) is 76.1 Å². The lowest BCUT2D eigenvalue weighted by Crippen LogP contribution is -2.30. The van der Waals surface area contributed by atoms with Crippen LogP contribution >= 0.6 is 23.2 Å². The number of anilines is 1. The summed E-state index contributed by atoms with van der Waals surface area (Å²) in [4.78, 5) is 32.5. The standard InChI is InChI=1S/C22H12Cl2N2O3/c23-13-5-3-4-12(10-13)19-18-20(27)15-11-14(24)7-8-16(15)29-21(18)22(28)26(19)17-6-1-2-9-25-17/h1-11,19H/t19-/m0/s1. The first-order chi connectivity index (χ1) is 14.0. The maximum atomic E-state index is 13.4. The summed E-state index contributed by atoms with van der Waals surface area (Å²) in [6, 6.07) is 16.3. The number of nitrogens with zero attached hydrogens (tertiary/aromatic N) is 2. The van der Waals surface area contributed by atoms with Gasteiger partial charge in [0.2, 0.25) is 5.76 Å². The van der Waals surface area contributed by atoms with Crippen molar-refractivity contribution in [3.8, 4) is 0 Å². The van der Waals surface area contributed by atoms with Gasteiger partial charge in [-0.15, -0.1) is 0 Å². The van der Waals surface area contributed by atoms with Crippen LogP contribution in [0.3, 0.4) is 0 Å². The van der Waals surface area contributed by atoms with Gasteiger partial charge in [-0.05, 0) is 48.0 Å². The van der Waals surface area contributed by atoms with Crippen LogP contribution in [0.25, 0.3) is 11.0 Å². The normalized spacial score (nSPS) is 15.7. The molecule has 1 aliphatic rings. The fraction of sp³-hybridized carbons (Fsp3) is 0.0455. The Balaban J connectivity index is 1.84. The van der Waals surface area contributed by atoms with E-state index in [-0.39, 0.29) is 16.8 Å². The van der Waals surface area contributed by atoms with Crippen molar-refractivity contribution in [3.63, 3.8) is 0 Å². The molecule has 0 radical (unpaired) electrons. The molecule has 0 bridgehead atoms. The van der Waals surface area contributed by atoms with E-state index >= 15 is 0 Å². The molecule has 5 nitrogen and oxygen atoms in total. The Morgan fingerprint density at radius 3 is 2.52 bits per heavy atom. The van der Waals surface area contributed by atoms with Gasteiger partial charge in [0.05, 0.1) is 17.0 Å². The maximum absolute atomic E-state index is 13.4. The SMILES string of the molecule is O=C1c2oc3ccc(Cl)cc3c(=O)c2[C@H](c2cccc(Cl)c2)N1c1ccccn1. The van der Waals surface area contributed by atoms with Crippen LogP contribution in [0.2, 0.25) is 10.0 Å². The molecule has 0 fully saturated rings. The Kier molecular flexibility index (Phi) is 4.15. The highest BCUT2D eigenvalue weighted by Crippen LogP contribution is 2.41. The van der Waals surface area contributed by atoms with Gasteiger partial charge in [-0.3, -0.25) is 14.5 Å². The molecule has 2 aromatic heterocycles. The lowest BCUT2D eigenvalue weighted by molar-refractivity contribution is 0.0970. The Labute approximate surface area is 175 Å². The highest BCUT2D eigenvalue weighted by Gasteiger charge is 2.44. The second-order valence-electron chi connectivity index (χ2n) is 6.64. The van der Waals surface area contributed by atoms with Crippen molar-refractivity contribution >= 4 is 45.9 Å². The van der Waals surface area contributed by atoms with Crippen LogP contribution in [0, 0.1) is 0 Å². The molecule has 1 aliphatic heterocycles. The summed E-state index contributed by atoms with van der Waals surface area (Å²) in [7, 11) is 0. The summed E-state index contributed by atoms with van der Waals surface area (Å²) in [6.07, 6.45) is 1.59. The Bertz CT molecular complexity index is 1340. The van der Waals surface area contributed by atoms with Crippen LogP contribution in [0.5, 0.6) is 0 Å². The Morgan fingerprint density at radius 1 is 0.931 bits per heavy atom. The summed E-state index contributed by atoms with van der Waals surface area (Å²) in [6.45, 7) is 0. The number of hydrogen-bond acceptors (Lipinski definition) is 4. The highest BCUT2D eigenvalue weighted by molar-refractivity contribution is 6.31. The summed E-state index contributed by atoms with van der Waals surface area (Å²) < 4.78 is 5.88. The molecular weight excluding hydrogens is 411 g/mol. The van der Waals surface area contributed by atoms with Gasteiger partial charge in [-0.25, -0.2) is 4.98 Å². The van der Waals surface area contributed by atoms with Crippen molar-refractivity contribution in [1.29, 1.82) is 0 Å². The highest BCUT2D eigenvalue weighted by atomic mass is 35.5. The van der Waals surface area contributed by atoms with Gasteiger partial charge in [0.15, 0.2) is 5.43 Å². The average molecular weight is 423 g/mol. The molecule has 2 aromatic carbocycles. The molecule has 1 amide bonds. The van der Waals surface area contributed by atoms with Gasteiger partial charge in [0.1, 0.15) is 11.4 Å². The number of fused-ring (bicyclic) bond motifs is 2. The van der Waals surface area contributed by atoms with E-state index in [9.17, 15) is 9.59 Å². The van der Waals surface area contributed by atoms with Crippen molar-refractivity contribution in [2.45, 2.75) is 6.04 Å². The zero-order valence-electron chi connectivity index (χ0n) is 14.8. The van der Waals surface area contributed by atoms with E-state index in [2.05, 4.69) is 4.98 Å². The van der Waals surface area contributed by atoms with E-state index < -0.39 is 11.9 Å². The second kappa shape index (κ2) is 6.72. The van der Waals surface area contributed by atoms with Gasteiger partial charge in [0, 0.05) is 16.2 Å². The first-order valence-corrected chi connectivity index (χ1v) is 9.56. The third-order valence-electron chi connectivity index (χ3n) is 4.89. The molecule has 0 saturated carbocycles. The molecule has 142 valence electrons. The van der Waals surface area contributed by atoms with E-state index in [0.717, 1.165) is 0 Å². The predicted octanol–water partition coefficient (Wildman–Crippen LogP) is 5.24. The largest absolute Gasteiger partial charge is 0.450 e. The number of amides is 1. The van der Waals surface area contributed by atoms with Crippen LogP contribution in [-0.4, -0.2) is 10.9 Å². The monoisotopic (exact) mass is 422 g/mol. The predicted molar refractivity (Wildman–Crippen MR) is 112 cm³/mol. The van der Waals surface area contributed by atoms with Crippen molar-refractivity contribution in [3.05, 3.63) is 104 Å². The molecular formula is C22H12Cl2N2O3. The molecule has 0 N–H and O–H groups in total. The first kappa shape index (κ1) is 17.9. The lowest BCUT2D eigenvalue weighted by atomic mass is 9.98. The quantitative estimate of drug-likeness (QED) is 0.442. The van der Waals surface area contributed by atoms with Crippen molar-refractivity contribution < 1.29 is 9.21 Å². The minimum absolute atomic E-state index is 0.000418. The Morgan fingerprint density at radius 2 is 1.76 bits per heavy atom. The smallest absolute Gasteiger partial charge is 0.296 e. The minimum Gasteiger partial charge on any atom is -0.450 e. The van der Waals surface area contributed by atoms with Gasteiger partial charge >= 0.3 is 0 Å². The topological polar surface area (TPSA) is 63.4 Å². The third kappa shape index (κ3) is 2.82. The molecule has 7 heteroatoms. The van der Waals surface area contributed by atoms with Crippen molar-refractivity contribution in [2.75, 3.05) is 4.90 Å². The molecule has 4 aromatic rings. The average Bonchev–Trinajstić information content (AvgIpc) is 3.02. The third-order valence-corrected chi connectivity index (χ3v) is 5.36. The number of rotatable bonds is 2. The van der Waals surface area contributed by atoms with E-state index in [4.69, 9.17) is 27.6 Å². The second-order valence-corrected chi connectivity index (χ2v) is 7.51. The van der Waals surface area contributed by atoms with Crippen molar-refractivity contribution in [2.24, 2.45) is 0 Å². The maximum Gasteiger partial charge on any atom is 0.296 e. The molecule has 29 heavy (non-hydrogen) atoms. The van der Waals surface area contributed by atoms with Gasteiger partial charge in [-0.2, -0.15) is 0 Å². The number of hydrogen-bond donors (Lipinski definition) is 0. The van der Waals surface area contributed by atoms with Crippen LogP contribution in [-0.2, 0) is 0 Å². The number of benzene rings is 2. The molecule has 0 saturated heterocycles. The van der Waals surface area contributed by atoms with Crippen LogP contribution < -0.4 is 10.3 Å². The molecule has 1 atom stereocenters. The number of halogens is 2. The number of aromatic nitrogens is 1. The minimum atomic E-state index is -0.717. The summed E-state index contributed by atoms with van der Waals surface area (Å²) in [5, 5.41) is 1.23. The molecule has 0 aliphatic carbocycles. The van der Waals surface area contributed by atoms with Gasteiger partial charge < -0.3 is 4.42 Å². The van der Waals surface area contributed by atoms with E-state index in [1.54, 1.807) is 60.8 Å². The fourth-order valence-corrected chi connectivity index (χ4v) is 4.04. The van der Waals surface area contributed by atoms with Gasteiger partial charge in [0.25, 0.3) is 5.91 Å². The van der Waals surface area contributed by atoms with Crippen LogP contribution in [0.1, 0.15) is 27.7 Å². The summed E-state index contributed by atoms with van der Waals surface area (Å²) in [5.74, 6) is -0.0200. The fourth-order valence-electron chi connectivity index (χ4n) is 3.67. The van der Waals surface area contributed by atoms with Gasteiger partial charge in [-0.1, -0.05) is 41.4 Å². The number of pyridine rings is 1. The van der Waals surface area contributed by atoms with Crippen LogP contribution in [0.4, 0.5) is 5.82 Å².